The van der Waals surface area contributed by atoms with Crippen LogP contribution in [0.15, 0.2) is 42.5 Å². The molecule has 2 amide bonds. The lowest BCUT2D eigenvalue weighted by molar-refractivity contribution is -0.119. The smallest absolute Gasteiger partial charge is 0.255 e. The highest BCUT2D eigenvalue weighted by Gasteiger charge is 2.24. The largest absolute Gasteiger partial charge is 0.490 e. The highest BCUT2D eigenvalue weighted by Crippen LogP contribution is 2.23. The number of hydrogen-bond acceptors (Lipinski definition) is 4. The van der Waals surface area contributed by atoms with Crippen LogP contribution in [0.4, 0.5) is 0 Å². The molecular formula is C22H26N2O4. The summed E-state index contributed by atoms with van der Waals surface area (Å²) in [5, 5.41) is 0. The minimum atomic E-state index is -0.536. The van der Waals surface area contributed by atoms with Crippen molar-refractivity contribution in [3.63, 3.8) is 0 Å². The van der Waals surface area contributed by atoms with E-state index in [9.17, 15) is 9.59 Å². The van der Waals surface area contributed by atoms with Crippen molar-refractivity contribution < 1.29 is 19.1 Å². The van der Waals surface area contributed by atoms with Crippen LogP contribution in [0.3, 0.4) is 0 Å². The van der Waals surface area contributed by atoms with Crippen LogP contribution < -0.4 is 15.2 Å². The standard InChI is InChI=1S/C22H26N2O4/c1-15-3-6-20(13-16(15)2)28-19-9-11-24(12-10-19)22(26)17-4-7-18(8-5-17)27-14-21(23)25/h3-8,13,19H,9-12,14H2,1-2H3,(H2,23,25). The first-order chi connectivity index (χ1) is 13.4. The predicted molar refractivity (Wildman–Crippen MR) is 107 cm³/mol. The minimum absolute atomic E-state index is 0.00826. The zero-order chi connectivity index (χ0) is 20.1. The predicted octanol–water partition coefficient (Wildman–Crippen LogP) is 2.85. The van der Waals surface area contributed by atoms with Gasteiger partial charge in [-0.3, -0.25) is 9.59 Å². The van der Waals surface area contributed by atoms with Gasteiger partial charge in [-0.1, -0.05) is 6.07 Å². The lowest BCUT2D eigenvalue weighted by atomic mass is 10.1. The second-order valence-corrected chi connectivity index (χ2v) is 7.13. The SMILES string of the molecule is Cc1ccc(OC2CCN(C(=O)c3ccc(OCC(N)=O)cc3)CC2)cc1C. The van der Waals surface area contributed by atoms with E-state index in [2.05, 4.69) is 26.0 Å². The number of piperidine rings is 1. The molecule has 148 valence electrons. The molecule has 6 nitrogen and oxygen atoms in total. The Balaban J connectivity index is 1.51. The number of ether oxygens (including phenoxy) is 2. The Hall–Kier alpha value is -3.02. The van der Waals surface area contributed by atoms with Crippen molar-refractivity contribution in [1.82, 2.24) is 4.90 Å². The normalized spacial score (nSPS) is 14.6. The number of nitrogens with zero attached hydrogens (tertiary/aromatic N) is 1. The third kappa shape index (κ3) is 5.03. The van der Waals surface area contributed by atoms with Gasteiger partial charge >= 0.3 is 0 Å². The topological polar surface area (TPSA) is 81.9 Å². The van der Waals surface area contributed by atoms with Gasteiger partial charge in [0.25, 0.3) is 11.8 Å². The number of likely N-dealkylation sites (tertiary alicyclic amines) is 1. The van der Waals surface area contributed by atoms with Gasteiger partial charge in [0, 0.05) is 31.5 Å². The molecule has 1 heterocycles. The van der Waals surface area contributed by atoms with Gasteiger partial charge in [0.1, 0.15) is 17.6 Å². The third-order valence-corrected chi connectivity index (χ3v) is 4.99. The lowest BCUT2D eigenvalue weighted by Crippen LogP contribution is -2.41. The van der Waals surface area contributed by atoms with Crippen molar-refractivity contribution in [2.24, 2.45) is 5.73 Å². The molecular weight excluding hydrogens is 356 g/mol. The molecule has 0 bridgehead atoms. The molecule has 0 saturated carbocycles. The first-order valence-corrected chi connectivity index (χ1v) is 9.47. The summed E-state index contributed by atoms with van der Waals surface area (Å²) in [5.41, 5.74) is 8.12. The summed E-state index contributed by atoms with van der Waals surface area (Å²) in [7, 11) is 0. The Morgan fingerprint density at radius 1 is 1.00 bits per heavy atom. The molecule has 2 aromatic rings. The Morgan fingerprint density at radius 3 is 2.25 bits per heavy atom. The molecule has 0 aromatic heterocycles. The fraction of sp³-hybridized carbons (Fsp3) is 0.364. The van der Waals surface area contributed by atoms with Gasteiger partial charge in [0.15, 0.2) is 6.61 Å². The van der Waals surface area contributed by atoms with E-state index in [-0.39, 0.29) is 18.6 Å². The summed E-state index contributed by atoms with van der Waals surface area (Å²) in [6.07, 6.45) is 1.73. The number of nitrogens with two attached hydrogens (primary N) is 1. The van der Waals surface area contributed by atoms with Crippen LogP contribution >= 0.6 is 0 Å². The molecule has 1 fully saturated rings. The first-order valence-electron chi connectivity index (χ1n) is 9.47. The number of aryl methyl sites for hydroxylation is 2. The molecule has 2 N–H and O–H groups in total. The van der Waals surface area contributed by atoms with E-state index in [1.807, 2.05) is 11.0 Å². The second kappa shape index (κ2) is 8.78. The van der Waals surface area contributed by atoms with Crippen LogP contribution in [0.2, 0.25) is 0 Å². The molecule has 0 atom stereocenters. The van der Waals surface area contributed by atoms with Gasteiger partial charge in [-0.25, -0.2) is 0 Å². The van der Waals surface area contributed by atoms with E-state index in [4.69, 9.17) is 15.2 Å². The number of benzene rings is 2. The van der Waals surface area contributed by atoms with Crippen molar-refractivity contribution >= 4 is 11.8 Å². The van der Waals surface area contributed by atoms with E-state index >= 15 is 0 Å². The van der Waals surface area contributed by atoms with Crippen molar-refractivity contribution in [3.05, 3.63) is 59.2 Å². The highest BCUT2D eigenvalue weighted by molar-refractivity contribution is 5.94. The Kier molecular flexibility index (Phi) is 6.19. The fourth-order valence-corrected chi connectivity index (χ4v) is 3.19. The monoisotopic (exact) mass is 382 g/mol. The van der Waals surface area contributed by atoms with Crippen molar-refractivity contribution in [2.45, 2.75) is 32.8 Å². The summed E-state index contributed by atoms with van der Waals surface area (Å²) < 4.78 is 11.3. The van der Waals surface area contributed by atoms with Gasteiger partial charge in [0.05, 0.1) is 0 Å². The van der Waals surface area contributed by atoms with Gasteiger partial charge in [0.2, 0.25) is 0 Å². The molecule has 1 saturated heterocycles. The molecule has 1 aliphatic heterocycles. The van der Waals surface area contributed by atoms with Gasteiger partial charge in [-0.2, -0.15) is 0 Å². The molecule has 0 unspecified atom stereocenters. The lowest BCUT2D eigenvalue weighted by Gasteiger charge is -2.32. The van der Waals surface area contributed by atoms with Crippen LogP contribution in [0.25, 0.3) is 0 Å². The average Bonchev–Trinajstić information content (AvgIpc) is 2.70. The summed E-state index contributed by atoms with van der Waals surface area (Å²) in [4.78, 5) is 25.3. The molecule has 0 radical (unpaired) electrons. The van der Waals surface area contributed by atoms with E-state index < -0.39 is 5.91 Å². The third-order valence-electron chi connectivity index (χ3n) is 4.99. The Morgan fingerprint density at radius 2 is 1.64 bits per heavy atom. The average molecular weight is 382 g/mol. The van der Waals surface area contributed by atoms with Gasteiger partial charge in [-0.15, -0.1) is 0 Å². The maximum atomic E-state index is 12.7. The molecule has 2 aromatic carbocycles. The number of carbonyl (C=O) groups excluding carboxylic acids is 2. The fourth-order valence-electron chi connectivity index (χ4n) is 3.19. The van der Waals surface area contributed by atoms with Crippen LogP contribution in [0.1, 0.15) is 34.3 Å². The molecule has 0 spiro atoms. The highest BCUT2D eigenvalue weighted by atomic mass is 16.5. The Bertz CT molecular complexity index is 840. The number of rotatable bonds is 6. The molecule has 1 aliphatic rings. The number of primary amides is 1. The van der Waals surface area contributed by atoms with Crippen molar-refractivity contribution in [2.75, 3.05) is 19.7 Å². The van der Waals surface area contributed by atoms with Gasteiger partial charge in [-0.05, 0) is 61.4 Å². The van der Waals surface area contributed by atoms with Crippen molar-refractivity contribution in [3.8, 4) is 11.5 Å². The maximum Gasteiger partial charge on any atom is 0.255 e. The molecule has 0 aliphatic carbocycles. The summed E-state index contributed by atoms with van der Waals surface area (Å²) in [6.45, 7) is 5.30. The second-order valence-electron chi connectivity index (χ2n) is 7.13. The van der Waals surface area contributed by atoms with E-state index in [0.29, 0.717) is 24.4 Å². The summed E-state index contributed by atoms with van der Waals surface area (Å²) >= 11 is 0. The van der Waals surface area contributed by atoms with Crippen LogP contribution in [-0.2, 0) is 4.79 Å². The maximum absolute atomic E-state index is 12.7. The Labute approximate surface area is 165 Å². The van der Waals surface area contributed by atoms with Crippen LogP contribution in [0.5, 0.6) is 11.5 Å². The number of carbonyl (C=O) groups is 2. The molecule has 6 heteroatoms. The minimum Gasteiger partial charge on any atom is -0.490 e. The van der Waals surface area contributed by atoms with Crippen LogP contribution in [-0.4, -0.2) is 42.5 Å². The molecule has 28 heavy (non-hydrogen) atoms. The van der Waals surface area contributed by atoms with Crippen LogP contribution in [0, 0.1) is 13.8 Å². The zero-order valence-electron chi connectivity index (χ0n) is 16.3. The first kappa shape index (κ1) is 19.7. The summed E-state index contributed by atoms with van der Waals surface area (Å²) in [6, 6.07) is 12.9. The number of amides is 2. The van der Waals surface area contributed by atoms with E-state index in [0.717, 1.165) is 18.6 Å². The quantitative estimate of drug-likeness (QED) is 0.833. The number of hydrogen-bond donors (Lipinski definition) is 1. The zero-order valence-corrected chi connectivity index (χ0v) is 16.3. The van der Waals surface area contributed by atoms with Crippen molar-refractivity contribution in [1.29, 1.82) is 0 Å². The molecule has 3 rings (SSSR count). The van der Waals surface area contributed by atoms with Gasteiger partial charge < -0.3 is 20.1 Å². The van der Waals surface area contributed by atoms with E-state index in [1.165, 1.54) is 11.1 Å². The summed E-state index contributed by atoms with van der Waals surface area (Å²) in [5.74, 6) is 0.854. The van der Waals surface area contributed by atoms with E-state index in [1.54, 1.807) is 24.3 Å².